The SMILES string of the molecule is CC.CC(=O)CCOCCOCCOCCOCCOCCC(=O)Oc1c(F)c(F)c(F)c(F)c1F. The van der Waals surface area contributed by atoms with E-state index < -0.39 is 47.2 Å². The van der Waals surface area contributed by atoms with Gasteiger partial charge in [0.15, 0.2) is 0 Å². The number of halogens is 5. The number of ether oxygens (including phenoxy) is 6. The summed E-state index contributed by atoms with van der Waals surface area (Å²) < 4.78 is 96.2. The van der Waals surface area contributed by atoms with Crippen LogP contribution in [0, 0.1) is 29.1 Å². The van der Waals surface area contributed by atoms with Gasteiger partial charge in [-0.15, -0.1) is 0 Å². The summed E-state index contributed by atoms with van der Waals surface area (Å²) in [6.07, 6.45) is -0.102. The van der Waals surface area contributed by atoms with Crippen molar-refractivity contribution in [2.45, 2.75) is 33.6 Å². The van der Waals surface area contributed by atoms with Crippen LogP contribution in [0.2, 0.25) is 0 Å². The lowest BCUT2D eigenvalue weighted by atomic mass is 10.2. The molecule has 0 atom stereocenters. The number of ketones is 1. The Morgan fingerprint density at radius 1 is 0.528 bits per heavy atom. The fourth-order valence-corrected chi connectivity index (χ4v) is 2.19. The predicted molar refractivity (Wildman–Crippen MR) is 117 cm³/mol. The van der Waals surface area contributed by atoms with E-state index in [0.29, 0.717) is 46.1 Å². The molecular formula is C23H33F5O8. The molecule has 1 aromatic carbocycles. The van der Waals surface area contributed by atoms with E-state index in [2.05, 4.69) is 4.74 Å². The topological polar surface area (TPSA) is 89.5 Å². The smallest absolute Gasteiger partial charge is 0.313 e. The number of hydrogen-bond donors (Lipinski definition) is 0. The molecule has 0 fully saturated rings. The molecule has 208 valence electrons. The fourth-order valence-electron chi connectivity index (χ4n) is 2.19. The molecule has 8 nitrogen and oxygen atoms in total. The molecule has 0 radical (unpaired) electrons. The van der Waals surface area contributed by atoms with Gasteiger partial charge in [-0.1, -0.05) is 13.8 Å². The van der Waals surface area contributed by atoms with Crippen LogP contribution in [0.5, 0.6) is 5.75 Å². The zero-order valence-corrected chi connectivity index (χ0v) is 20.6. The molecule has 0 aliphatic heterocycles. The van der Waals surface area contributed by atoms with Gasteiger partial charge in [0.1, 0.15) is 5.78 Å². The summed E-state index contributed by atoms with van der Waals surface area (Å²) in [6, 6.07) is 0. The standard InChI is InChI=1S/C21H27F5O8.C2H6/c1-14(27)2-4-29-6-8-31-10-12-33-13-11-32-9-7-30-5-3-15(28)34-21-19(25)17(23)16(22)18(24)20(21)26;1-2/h2-13H2,1H3;1-2H3. The van der Waals surface area contributed by atoms with E-state index in [1.165, 1.54) is 6.92 Å². The maximum absolute atomic E-state index is 13.4. The number of benzene rings is 1. The summed E-state index contributed by atoms with van der Waals surface area (Å²) in [6.45, 7) is 8.02. The van der Waals surface area contributed by atoms with Crippen LogP contribution in [0.4, 0.5) is 22.0 Å². The number of carbonyl (C=O) groups excluding carboxylic acids is 2. The number of carbonyl (C=O) groups is 2. The molecule has 0 spiro atoms. The molecule has 13 heteroatoms. The molecule has 0 saturated carbocycles. The highest BCUT2D eigenvalue weighted by molar-refractivity contribution is 5.75. The molecule has 36 heavy (non-hydrogen) atoms. The Balaban J connectivity index is 0.00000596. The van der Waals surface area contributed by atoms with Gasteiger partial charge in [-0.25, -0.2) is 13.2 Å². The number of esters is 1. The minimum atomic E-state index is -2.35. The largest absolute Gasteiger partial charge is 0.420 e. The second-order valence-electron chi connectivity index (χ2n) is 6.64. The number of rotatable bonds is 19. The number of Topliss-reactive ketones (excluding diaryl/α,β-unsaturated/α-hetero) is 1. The van der Waals surface area contributed by atoms with E-state index in [9.17, 15) is 31.5 Å². The van der Waals surface area contributed by atoms with Crippen molar-refractivity contribution >= 4 is 11.8 Å². The highest BCUT2D eigenvalue weighted by Crippen LogP contribution is 2.29. The molecule has 0 heterocycles. The van der Waals surface area contributed by atoms with Crippen LogP contribution in [-0.2, 0) is 33.3 Å². The lowest BCUT2D eigenvalue weighted by Crippen LogP contribution is -2.16. The molecule has 1 aromatic rings. The second-order valence-corrected chi connectivity index (χ2v) is 6.64. The first-order chi connectivity index (χ1) is 17.3. The van der Waals surface area contributed by atoms with Crippen LogP contribution in [-0.4, -0.2) is 77.8 Å². The van der Waals surface area contributed by atoms with Crippen molar-refractivity contribution in [1.29, 1.82) is 0 Å². The van der Waals surface area contributed by atoms with Gasteiger partial charge in [0.05, 0.1) is 72.5 Å². The molecule has 0 aromatic heterocycles. The molecule has 0 aliphatic carbocycles. The first kappa shape index (κ1) is 33.8. The van der Waals surface area contributed by atoms with Crippen LogP contribution in [0.1, 0.15) is 33.6 Å². The zero-order valence-electron chi connectivity index (χ0n) is 20.6. The molecule has 0 unspecified atom stereocenters. The normalized spacial score (nSPS) is 10.7. The lowest BCUT2D eigenvalue weighted by Gasteiger charge is -2.09. The van der Waals surface area contributed by atoms with Gasteiger partial charge in [-0.05, 0) is 6.92 Å². The Labute approximate surface area is 206 Å². The first-order valence-corrected chi connectivity index (χ1v) is 11.4. The lowest BCUT2D eigenvalue weighted by molar-refractivity contribution is -0.136. The van der Waals surface area contributed by atoms with Crippen molar-refractivity contribution in [2.24, 2.45) is 0 Å². The molecular weight excluding hydrogens is 499 g/mol. The Morgan fingerprint density at radius 2 is 0.833 bits per heavy atom. The summed E-state index contributed by atoms with van der Waals surface area (Å²) in [7, 11) is 0. The van der Waals surface area contributed by atoms with Gasteiger partial charge in [-0.2, -0.15) is 8.78 Å². The van der Waals surface area contributed by atoms with Crippen LogP contribution < -0.4 is 4.74 Å². The van der Waals surface area contributed by atoms with Crippen molar-refractivity contribution in [2.75, 3.05) is 66.1 Å². The van der Waals surface area contributed by atoms with Crippen molar-refractivity contribution in [3.05, 3.63) is 29.1 Å². The van der Waals surface area contributed by atoms with E-state index in [0.717, 1.165) is 0 Å². The molecule has 0 aliphatic rings. The summed E-state index contributed by atoms with van der Waals surface area (Å²) in [5, 5.41) is 0. The molecule has 0 amide bonds. The third kappa shape index (κ3) is 14.4. The van der Waals surface area contributed by atoms with Crippen LogP contribution in [0.3, 0.4) is 0 Å². The van der Waals surface area contributed by atoms with E-state index in [1.807, 2.05) is 13.8 Å². The van der Waals surface area contributed by atoms with Crippen molar-refractivity contribution < 1.29 is 60.0 Å². The highest BCUT2D eigenvalue weighted by atomic mass is 19.2. The molecule has 0 bridgehead atoms. The summed E-state index contributed by atoms with van der Waals surface area (Å²) >= 11 is 0. The minimum absolute atomic E-state index is 0.0690. The van der Waals surface area contributed by atoms with Crippen LogP contribution in [0.15, 0.2) is 0 Å². The zero-order chi connectivity index (χ0) is 27.3. The predicted octanol–water partition coefficient (Wildman–Crippen LogP) is 3.77. The van der Waals surface area contributed by atoms with Crippen LogP contribution >= 0.6 is 0 Å². The minimum Gasteiger partial charge on any atom is -0.420 e. The molecule has 0 saturated heterocycles. The van der Waals surface area contributed by atoms with Gasteiger partial charge in [0, 0.05) is 6.42 Å². The van der Waals surface area contributed by atoms with E-state index >= 15 is 0 Å². The quantitative estimate of drug-likeness (QED) is 0.0665. The van der Waals surface area contributed by atoms with Crippen molar-refractivity contribution in [3.8, 4) is 5.75 Å². The Morgan fingerprint density at radius 3 is 1.19 bits per heavy atom. The van der Waals surface area contributed by atoms with Gasteiger partial charge in [0.25, 0.3) is 0 Å². The fraction of sp³-hybridized carbons (Fsp3) is 0.652. The highest BCUT2D eigenvalue weighted by Gasteiger charge is 2.28. The number of hydrogen-bond acceptors (Lipinski definition) is 8. The maximum atomic E-state index is 13.4. The first-order valence-electron chi connectivity index (χ1n) is 11.4. The second kappa shape index (κ2) is 20.9. The molecule has 0 N–H and O–H groups in total. The third-order valence-electron chi connectivity index (χ3n) is 3.92. The van der Waals surface area contributed by atoms with Gasteiger partial charge in [-0.3, -0.25) is 9.59 Å². The van der Waals surface area contributed by atoms with E-state index in [1.54, 1.807) is 0 Å². The van der Waals surface area contributed by atoms with Gasteiger partial charge >= 0.3 is 5.97 Å². The van der Waals surface area contributed by atoms with E-state index in [-0.39, 0.29) is 32.2 Å². The summed E-state index contributed by atoms with van der Waals surface area (Å²) in [5.74, 6) is -14.1. The van der Waals surface area contributed by atoms with Gasteiger partial charge in [0.2, 0.25) is 34.8 Å². The van der Waals surface area contributed by atoms with Gasteiger partial charge < -0.3 is 28.4 Å². The average molecular weight is 532 g/mol. The van der Waals surface area contributed by atoms with E-state index in [4.69, 9.17) is 23.7 Å². The monoisotopic (exact) mass is 532 g/mol. The third-order valence-corrected chi connectivity index (χ3v) is 3.92. The summed E-state index contributed by atoms with van der Waals surface area (Å²) in [4.78, 5) is 22.3. The van der Waals surface area contributed by atoms with Crippen LogP contribution in [0.25, 0.3) is 0 Å². The summed E-state index contributed by atoms with van der Waals surface area (Å²) in [5.41, 5.74) is 0. The van der Waals surface area contributed by atoms with Crippen molar-refractivity contribution in [3.63, 3.8) is 0 Å². The van der Waals surface area contributed by atoms with Crippen molar-refractivity contribution in [1.82, 2.24) is 0 Å². The maximum Gasteiger partial charge on any atom is 0.313 e. The molecule has 1 rings (SSSR count). The Hall–Kier alpha value is -2.19. The Bertz CT molecular complexity index is 750. The Kier molecular flexibility index (Phi) is 19.7. The average Bonchev–Trinajstić information content (AvgIpc) is 2.87.